The zero-order valence-corrected chi connectivity index (χ0v) is 7.21. The van der Waals surface area contributed by atoms with Crippen LogP contribution in [0, 0.1) is 5.82 Å². The average Bonchev–Trinajstić information content (AvgIpc) is 2.49. The molecule has 0 saturated heterocycles. The number of hydrogen-bond donors (Lipinski definition) is 2. The predicted octanol–water partition coefficient (Wildman–Crippen LogP) is 1.72. The van der Waals surface area contributed by atoms with Gasteiger partial charge in [-0.15, -0.1) is 0 Å². The Kier molecular flexibility index (Phi) is 1.77. The first kappa shape index (κ1) is 8.19. The molecule has 1 atom stereocenters. The summed E-state index contributed by atoms with van der Waals surface area (Å²) in [5.74, 6) is -0.279. The van der Waals surface area contributed by atoms with E-state index < -0.39 is 0 Å². The van der Waals surface area contributed by atoms with Gasteiger partial charge >= 0.3 is 0 Å². The van der Waals surface area contributed by atoms with Crippen molar-refractivity contribution in [2.45, 2.75) is 13.0 Å². The summed E-state index contributed by atoms with van der Waals surface area (Å²) in [5.41, 5.74) is 6.92. The molecule has 0 saturated carbocycles. The van der Waals surface area contributed by atoms with Gasteiger partial charge in [0.25, 0.3) is 0 Å². The Hall–Kier alpha value is -1.42. The van der Waals surface area contributed by atoms with Crippen molar-refractivity contribution >= 4 is 10.9 Å². The maximum absolute atomic E-state index is 13.3. The van der Waals surface area contributed by atoms with Crippen LogP contribution in [0.25, 0.3) is 10.9 Å². The summed E-state index contributed by atoms with van der Waals surface area (Å²) < 4.78 is 13.3. The molecule has 1 heterocycles. The molecule has 3 N–H and O–H groups in total. The number of nitrogens with two attached hydrogens (primary N) is 1. The highest BCUT2D eigenvalue weighted by Gasteiger charge is 2.12. The number of benzene rings is 1. The molecule has 2 aromatic rings. The maximum atomic E-state index is 13.3. The number of aromatic amines is 1. The minimum atomic E-state index is -0.279. The average molecular weight is 179 g/mol. The van der Waals surface area contributed by atoms with E-state index in [0.717, 1.165) is 0 Å². The molecule has 3 nitrogen and oxygen atoms in total. The summed E-state index contributed by atoms with van der Waals surface area (Å²) in [6.07, 6.45) is 0. The van der Waals surface area contributed by atoms with Crippen LogP contribution >= 0.6 is 0 Å². The van der Waals surface area contributed by atoms with Crippen LogP contribution < -0.4 is 5.73 Å². The predicted molar refractivity (Wildman–Crippen MR) is 48.7 cm³/mol. The van der Waals surface area contributed by atoms with Gasteiger partial charge < -0.3 is 5.73 Å². The molecule has 13 heavy (non-hydrogen) atoms. The second kappa shape index (κ2) is 2.81. The Labute approximate surface area is 74.7 Å². The molecule has 0 radical (unpaired) electrons. The Balaban J connectivity index is 2.79. The molecular formula is C9H10FN3. The summed E-state index contributed by atoms with van der Waals surface area (Å²) in [7, 11) is 0. The fraction of sp³-hybridized carbons (Fsp3) is 0.222. The first-order valence-electron chi connectivity index (χ1n) is 4.08. The quantitative estimate of drug-likeness (QED) is 0.700. The van der Waals surface area contributed by atoms with E-state index in [1.165, 1.54) is 6.07 Å². The molecule has 2 rings (SSSR count). The van der Waals surface area contributed by atoms with Crippen LogP contribution in [-0.4, -0.2) is 10.2 Å². The standard InChI is InChI=1S/C9H10FN3/c1-5(11)9-8-6(10)3-2-4-7(8)12-13-9/h2-5H,11H2,1H3,(H,12,13). The number of aromatic nitrogens is 2. The molecule has 0 fully saturated rings. The molecule has 0 spiro atoms. The van der Waals surface area contributed by atoms with Crippen molar-refractivity contribution in [2.75, 3.05) is 0 Å². The molecular weight excluding hydrogens is 169 g/mol. The van der Waals surface area contributed by atoms with Gasteiger partial charge in [-0.1, -0.05) is 6.07 Å². The van der Waals surface area contributed by atoms with Crippen molar-refractivity contribution in [2.24, 2.45) is 5.73 Å². The van der Waals surface area contributed by atoms with Crippen molar-refractivity contribution in [3.63, 3.8) is 0 Å². The monoisotopic (exact) mass is 179 g/mol. The van der Waals surface area contributed by atoms with Gasteiger partial charge in [-0.25, -0.2) is 4.39 Å². The van der Waals surface area contributed by atoms with Gasteiger partial charge in [0.15, 0.2) is 0 Å². The number of halogens is 1. The lowest BCUT2D eigenvalue weighted by molar-refractivity contribution is 0.636. The summed E-state index contributed by atoms with van der Waals surface area (Å²) in [4.78, 5) is 0. The summed E-state index contributed by atoms with van der Waals surface area (Å²) in [6.45, 7) is 1.79. The Morgan fingerprint density at radius 1 is 1.54 bits per heavy atom. The fourth-order valence-corrected chi connectivity index (χ4v) is 1.38. The molecule has 4 heteroatoms. The molecule has 0 aliphatic carbocycles. The lowest BCUT2D eigenvalue weighted by Crippen LogP contribution is -2.06. The SMILES string of the molecule is CC(N)c1[nH]nc2cccc(F)c12. The van der Waals surface area contributed by atoms with Gasteiger partial charge in [0, 0.05) is 6.04 Å². The fourth-order valence-electron chi connectivity index (χ4n) is 1.38. The van der Waals surface area contributed by atoms with Crippen molar-refractivity contribution in [3.8, 4) is 0 Å². The van der Waals surface area contributed by atoms with Crippen molar-refractivity contribution in [3.05, 3.63) is 29.7 Å². The first-order valence-corrected chi connectivity index (χ1v) is 4.08. The zero-order chi connectivity index (χ0) is 9.42. The summed E-state index contributed by atoms with van der Waals surface area (Å²) >= 11 is 0. The lowest BCUT2D eigenvalue weighted by Gasteiger charge is -2.01. The highest BCUT2D eigenvalue weighted by atomic mass is 19.1. The van der Waals surface area contributed by atoms with Gasteiger partial charge in [-0.2, -0.15) is 5.10 Å². The lowest BCUT2D eigenvalue weighted by atomic mass is 10.1. The van der Waals surface area contributed by atoms with Crippen LogP contribution in [0.15, 0.2) is 18.2 Å². The van der Waals surface area contributed by atoms with E-state index in [9.17, 15) is 4.39 Å². The topological polar surface area (TPSA) is 54.7 Å². The molecule has 0 aliphatic rings. The van der Waals surface area contributed by atoms with Gasteiger partial charge in [-0.05, 0) is 19.1 Å². The number of fused-ring (bicyclic) bond motifs is 1. The molecule has 0 bridgehead atoms. The van der Waals surface area contributed by atoms with E-state index in [0.29, 0.717) is 16.6 Å². The van der Waals surface area contributed by atoms with E-state index in [-0.39, 0.29) is 11.9 Å². The van der Waals surface area contributed by atoms with E-state index in [1.807, 2.05) is 0 Å². The maximum Gasteiger partial charge on any atom is 0.134 e. The minimum Gasteiger partial charge on any atom is -0.323 e. The molecule has 0 aliphatic heterocycles. The van der Waals surface area contributed by atoms with Gasteiger partial charge in [0.1, 0.15) is 5.82 Å². The van der Waals surface area contributed by atoms with Crippen LogP contribution in [0.4, 0.5) is 4.39 Å². The zero-order valence-electron chi connectivity index (χ0n) is 7.21. The molecule has 1 aromatic carbocycles. The third-order valence-corrected chi connectivity index (χ3v) is 2.01. The Morgan fingerprint density at radius 2 is 2.31 bits per heavy atom. The van der Waals surface area contributed by atoms with E-state index >= 15 is 0 Å². The minimum absolute atomic E-state index is 0.234. The number of rotatable bonds is 1. The number of nitrogens with zero attached hydrogens (tertiary/aromatic N) is 1. The molecule has 1 unspecified atom stereocenters. The van der Waals surface area contributed by atoms with Crippen LogP contribution in [0.1, 0.15) is 18.7 Å². The molecule has 68 valence electrons. The highest BCUT2D eigenvalue weighted by Crippen LogP contribution is 2.22. The Bertz CT molecular complexity index is 433. The van der Waals surface area contributed by atoms with Crippen molar-refractivity contribution in [1.29, 1.82) is 0 Å². The van der Waals surface area contributed by atoms with E-state index in [4.69, 9.17) is 5.73 Å². The smallest absolute Gasteiger partial charge is 0.134 e. The van der Waals surface area contributed by atoms with E-state index in [1.54, 1.807) is 19.1 Å². The highest BCUT2D eigenvalue weighted by molar-refractivity contribution is 5.82. The first-order chi connectivity index (χ1) is 6.20. The van der Waals surface area contributed by atoms with Crippen LogP contribution in [0.3, 0.4) is 0 Å². The molecule has 0 amide bonds. The van der Waals surface area contributed by atoms with Crippen molar-refractivity contribution < 1.29 is 4.39 Å². The second-order valence-electron chi connectivity index (χ2n) is 3.06. The second-order valence-corrected chi connectivity index (χ2v) is 3.06. The van der Waals surface area contributed by atoms with Gasteiger partial charge in [0.2, 0.25) is 0 Å². The summed E-state index contributed by atoms with van der Waals surface area (Å²) in [5, 5.41) is 7.19. The van der Waals surface area contributed by atoms with Gasteiger partial charge in [-0.3, -0.25) is 5.10 Å². The van der Waals surface area contributed by atoms with E-state index in [2.05, 4.69) is 10.2 Å². The number of hydrogen-bond acceptors (Lipinski definition) is 2. The number of nitrogens with one attached hydrogen (secondary N) is 1. The summed E-state index contributed by atoms with van der Waals surface area (Å²) in [6, 6.07) is 4.55. The Morgan fingerprint density at radius 3 is 3.00 bits per heavy atom. The van der Waals surface area contributed by atoms with Crippen LogP contribution in [-0.2, 0) is 0 Å². The van der Waals surface area contributed by atoms with Crippen LogP contribution in [0.2, 0.25) is 0 Å². The number of H-pyrrole nitrogens is 1. The van der Waals surface area contributed by atoms with Gasteiger partial charge in [0.05, 0.1) is 16.6 Å². The largest absolute Gasteiger partial charge is 0.323 e. The van der Waals surface area contributed by atoms with Crippen LogP contribution in [0.5, 0.6) is 0 Å². The molecule has 1 aromatic heterocycles. The van der Waals surface area contributed by atoms with Crippen molar-refractivity contribution in [1.82, 2.24) is 10.2 Å². The third-order valence-electron chi connectivity index (χ3n) is 2.01. The normalized spacial score (nSPS) is 13.5. The third kappa shape index (κ3) is 1.19.